The molecule has 2 rings (SSSR count). The lowest BCUT2D eigenvalue weighted by molar-refractivity contribution is -0.0608. The highest BCUT2D eigenvalue weighted by molar-refractivity contribution is 6.04. The SMILES string of the molecule is C/C=C/COc1cc(C)c(OCCCCCCCCOc2cccc(/C(=N/OC)C(F)(F)F)c2)c(C)c1. The van der Waals surface area contributed by atoms with Gasteiger partial charge >= 0.3 is 6.18 Å². The van der Waals surface area contributed by atoms with Gasteiger partial charge in [0.25, 0.3) is 0 Å². The first-order valence-corrected chi connectivity index (χ1v) is 12.7. The van der Waals surface area contributed by atoms with Crippen LogP contribution in [0.3, 0.4) is 0 Å². The zero-order valence-electron chi connectivity index (χ0n) is 22.2. The lowest BCUT2D eigenvalue weighted by Crippen LogP contribution is -2.24. The lowest BCUT2D eigenvalue weighted by atomic mass is 10.1. The van der Waals surface area contributed by atoms with Crippen molar-refractivity contribution < 1.29 is 32.2 Å². The van der Waals surface area contributed by atoms with E-state index in [2.05, 4.69) is 9.99 Å². The van der Waals surface area contributed by atoms with Crippen LogP contribution in [0, 0.1) is 13.8 Å². The molecular weight excluding hydrogens is 483 g/mol. The van der Waals surface area contributed by atoms with Crippen LogP contribution in [0.25, 0.3) is 0 Å². The Balaban J connectivity index is 1.62. The molecule has 0 aromatic heterocycles. The molecule has 0 spiro atoms. The normalized spacial score (nSPS) is 12.1. The first-order chi connectivity index (χ1) is 17.8. The standard InChI is InChI=1S/C29H38F3NO4/c1-5-6-16-36-26-19-22(2)27(23(3)20-26)37-18-12-10-8-7-9-11-17-35-25-15-13-14-24(21-25)28(33-34-4)29(30,31)32/h5-6,13-15,19-21H,7-12,16-18H2,1-4H3/b6-5+,33-28-. The van der Waals surface area contributed by atoms with Gasteiger partial charge in [-0.05, 0) is 69.0 Å². The van der Waals surface area contributed by atoms with Gasteiger partial charge in [-0.25, -0.2) is 0 Å². The van der Waals surface area contributed by atoms with Crippen molar-refractivity contribution in [3.8, 4) is 17.2 Å². The molecule has 0 saturated heterocycles. The van der Waals surface area contributed by atoms with Crippen LogP contribution in [0.15, 0.2) is 53.7 Å². The minimum atomic E-state index is -4.61. The van der Waals surface area contributed by atoms with Gasteiger partial charge in [0.2, 0.25) is 0 Å². The van der Waals surface area contributed by atoms with E-state index in [1.165, 1.54) is 18.2 Å². The number of benzene rings is 2. The molecule has 0 radical (unpaired) electrons. The number of hydrogen-bond donors (Lipinski definition) is 0. The summed E-state index contributed by atoms with van der Waals surface area (Å²) in [7, 11) is 1.09. The van der Waals surface area contributed by atoms with E-state index in [4.69, 9.17) is 14.2 Å². The molecule has 0 saturated carbocycles. The van der Waals surface area contributed by atoms with E-state index in [9.17, 15) is 13.2 Å². The van der Waals surface area contributed by atoms with Crippen molar-refractivity contribution in [3.05, 3.63) is 65.2 Å². The fourth-order valence-corrected chi connectivity index (χ4v) is 3.83. The third-order valence-corrected chi connectivity index (χ3v) is 5.63. The van der Waals surface area contributed by atoms with E-state index < -0.39 is 11.9 Å². The first kappa shape index (κ1) is 30.1. The molecule has 0 aliphatic rings. The molecule has 0 atom stereocenters. The number of halogens is 3. The third-order valence-electron chi connectivity index (χ3n) is 5.63. The van der Waals surface area contributed by atoms with Crippen molar-refractivity contribution in [1.29, 1.82) is 0 Å². The lowest BCUT2D eigenvalue weighted by Gasteiger charge is -2.14. The van der Waals surface area contributed by atoms with Crippen LogP contribution in [0.4, 0.5) is 13.2 Å². The van der Waals surface area contributed by atoms with Gasteiger partial charge in [0.15, 0.2) is 5.71 Å². The molecule has 0 fully saturated rings. The van der Waals surface area contributed by atoms with Gasteiger partial charge in [-0.1, -0.05) is 55.1 Å². The molecule has 5 nitrogen and oxygen atoms in total. The molecule has 0 unspecified atom stereocenters. The molecule has 204 valence electrons. The van der Waals surface area contributed by atoms with Crippen molar-refractivity contribution in [2.75, 3.05) is 26.9 Å². The molecule has 37 heavy (non-hydrogen) atoms. The van der Waals surface area contributed by atoms with Crippen LogP contribution < -0.4 is 14.2 Å². The Bertz CT molecular complexity index is 995. The summed E-state index contributed by atoms with van der Waals surface area (Å²) in [4.78, 5) is 4.35. The van der Waals surface area contributed by atoms with Crippen molar-refractivity contribution >= 4 is 5.71 Å². The van der Waals surface area contributed by atoms with Gasteiger partial charge in [-0.3, -0.25) is 0 Å². The summed E-state index contributed by atoms with van der Waals surface area (Å²) in [5.74, 6) is 2.16. The van der Waals surface area contributed by atoms with E-state index in [0.717, 1.165) is 68.3 Å². The van der Waals surface area contributed by atoms with Crippen LogP contribution in [0.1, 0.15) is 62.1 Å². The number of aryl methyl sites for hydroxylation is 2. The second kappa shape index (κ2) is 15.8. The molecule has 2 aromatic rings. The smallest absolute Gasteiger partial charge is 0.437 e. The molecule has 0 aliphatic carbocycles. The molecule has 2 aromatic carbocycles. The Kier molecular flexibility index (Phi) is 12.9. The van der Waals surface area contributed by atoms with Crippen LogP contribution in [0.5, 0.6) is 17.2 Å². The highest BCUT2D eigenvalue weighted by Gasteiger charge is 2.38. The van der Waals surface area contributed by atoms with Crippen molar-refractivity contribution in [3.63, 3.8) is 0 Å². The average Bonchev–Trinajstić information content (AvgIpc) is 2.84. The summed E-state index contributed by atoms with van der Waals surface area (Å²) >= 11 is 0. The molecule has 0 amide bonds. The Morgan fingerprint density at radius 2 is 1.46 bits per heavy atom. The molecule has 8 heteroatoms. The number of rotatable bonds is 16. The van der Waals surface area contributed by atoms with Gasteiger partial charge in [0.1, 0.15) is 31.0 Å². The maximum absolute atomic E-state index is 13.1. The summed E-state index contributed by atoms with van der Waals surface area (Å²) in [6.45, 7) is 7.71. The number of allylic oxidation sites excluding steroid dienone is 1. The number of nitrogens with zero attached hydrogens (tertiary/aromatic N) is 1. The Hall–Kier alpha value is -3.16. The van der Waals surface area contributed by atoms with Crippen LogP contribution in [-0.2, 0) is 4.84 Å². The molecule has 0 aliphatic heterocycles. The monoisotopic (exact) mass is 521 g/mol. The minimum absolute atomic E-state index is 0.0897. The van der Waals surface area contributed by atoms with Crippen LogP contribution in [0.2, 0.25) is 0 Å². The first-order valence-electron chi connectivity index (χ1n) is 12.7. The zero-order valence-corrected chi connectivity index (χ0v) is 22.2. The maximum Gasteiger partial charge on any atom is 0.437 e. The Morgan fingerprint density at radius 3 is 2.05 bits per heavy atom. The van der Waals surface area contributed by atoms with Gasteiger partial charge in [0, 0.05) is 5.56 Å². The fourth-order valence-electron chi connectivity index (χ4n) is 3.83. The molecule has 0 heterocycles. The van der Waals surface area contributed by atoms with E-state index in [1.807, 2.05) is 45.1 Å². The summed E-state index contributed by atoms with van der Waals surface area (Å²) in [6, 6.07) is 9.83. The van der Waals surface area contributed by atoms with Crippen molar-refractivity contribution in [2.45, 2.75) is 65.5 Å². The van der Waals surface area contributed by atoms with Crippen molar-refractivity contribution in [2.24, 2.45) is 5.16 Å². The summed E-state index contributed by atoms with van der Waals surface area (Å²) in [5.41, 5.74) is 0.970. The number of ether oxygens (including phenoxy) is 3. The predicted molar refractivity (Wildman–Crippen MR) is 141 cm³/mol. The van der Waals surface area contributed by atoms with E-state index in [1.54, 1.807) is 6.07 Å². The highest BCUT2D eigenvalue weighted by atomic mass is 19.4. The third kappa shape index (κ3) is 10.8. The quantitative estimate of drug-likeness (QED) is 0.0973. The number of alkyl halides is 3. The summed E-state index contributed by atoms with van der Waals surface area (Å²) in [5, 5.41) is 3.12. The highest BCUT2D eigenvalue weighted by Crippen LogP contribution is 2.29. The second-order valence-electron chi connectivity index (χ2n) is 8.73. The van der Waals surface area contributed by atoms with Gasteiger partial charge in [0.05, 0.1) is 13.2 Å². The number of oxime groups is 1. The predicted octanol–water partition coefficient (Wildman–Crippen LogP) is 7.97. The van der Waals surface area contributed by atoms with Crippen LogP contribution >= 0.6 is 0 Å². The molecule has 0 bridgehead atoms. The largest absolute Gasteiger partial charge is 0.494 e. The number of hydrogen-bond acceptors (Lipinski definition) is 5. The summed E-state index contributed by atoms with van der Waals surface area (Å²) in [6.07, 6.45) is 5.36. The molecule has 0 N–H and O–H groups in total. The fraction of sp³-hybridized carbons (Fsp3) is 0.483. The van der Waals surface area contributed by atoms with E-state index >= 15 is 0 Å². The Labute approximate surface area is 218 Å². The van der Waals surface area contributed by atoms with E-state index in [-0.39, 0.29) is 5.56 Å². The van der Waals surface area contributed by atoms with Gasteiger partial charge in [-0.2, -0.15) is 13.2 Å². The maximum atomic E-state index is 13.1. The van der Waals surface area contributed by atoms with Gasteiger partial charge < -0.3 is 19.0 Å². The van der Waals surface area contributed by atoms with Crippen molar-refractivity contribution in [1.82, 2.24) is 0 Å². The zero-order chi connectivity index (χ0) is 27.1. The molecular formula is C29H38F3NO4. The van der Waals surface area contributed by atoms with E-state index in [0.29, 0.717) is 25.6 Å². The van der Waals surface area contributed by atoms with Gasteiger partial charge in [-0.15, -0.1) is 0 Å². The minimum Gasteiger partial charge on any atom is -0.494 e. The number of unbranched alkanes of at least 4 members (excludes halogenated alkanes) is 5. The Morgan fingerprint density at radius 1 is 0.838 bits per heavy atom. The average molecular weight is 522 g/mol. The topological polar surface area (TPSA) is 49.3 Å². The van der Waals surface area contributed by atoms with Crippen LogP contribution in [-0.4, -0.2) is 38.8 Å². The second-order valence-corrected chi connectivity index (χ2v) is 8.73. The summed E-state index contributed by atoms with van der Waals surface area (Å²) < 4.78 is 56.8.